The average Bonchev–Trinajstić information content (AvgIpc) is 2.74. The zero-order valence-electron chi connectivity index (χ0n) is 9.72. The van der Waals surface area contributed by atoms with Gasteiger partial charge in [0.15, 0.2) is 0 Å². The summed E-state index contributed by atoms with van der Waals surface area (Å²) in [5.74, 6) is 0.180. The Morgan fingerprint density at radius 1 is 1.27 bits per heavy atom. The first-order chi connectivity index (χ1) is 7.33. The fourth-order valence-electron chi connectivity index (χ4n) is 1.82. The molecule has 0 unspecified atom stereocenters. The van der Waals surface area contributed by atoms with Gasteiger partial charge in [-0.25, -0.2) is 0 Å². The van der Waals surface area contributed by atoms with E-state index in [2.05, 4.69) is 22.5 Å². The monoisotopic (exact) mass is 213 g/mol. The molecule has 1 rings (SSSR count). The van der Waals surface area contributed by atoms with Gasteiger partial charge in [0, 0.05) is 26.1 Å². The van der Waals surface area contributed by atoms with Crippen LogP contribution in [0.5, 0.6) is 0 Å². The Balaban J connectivity index is 1.93. The summed E-state index contributed by atoms with van der Waals surface area (Å²) in [6.45, 7) is 7.90. The van der Waals surface area contributed by atoms with Crippen LogP contribution in [-0.2, 0) is 4.79 Å². The number of carbonyl (C=O) groups excluding carboxylic acids is 1. The van der Waals surface area contributed by atoms with Gasteiger partial charge in [-0.3, -0.25) is 4.79 Å². The predicted octanol–water partition coefficient (Wildman–Crippen LogP) is 0.198. The van der Waals surface area contributed by atoms with Gasteiger partial charge in [-0.05, 0) is 32.5 Å². The Morgan fingerprint density at radius 3 is 2.67 bits per heavy atom. The molecule has 4 nitrogen and oxygen atoms in total. The fourth-order valence-corrected chi connectivity index (χ4v) is 1.82. The average molecular weight is 213 g/mol. The third-order valence-electron chi connectivity index (χ3n) is 2.73. The van der Waals surface area contributed by atoms with Crippen molar-refractivity contribution in [1.82, 2.24) is 15.5 Å². The number of hydrogen-bond acceptors (Lipinski definition) is 3. The number of hydrogen-bond donors (Lipinski definition) is 2. The van der Waals surface area contributed by atoms with Crippen LogP contribution in [0, 0.1) is 0 Å². The first kappa shape index (κ1) is 12.5. The van der Waals surface area contributed by atoms with E-state index >= 15 is 0 Å². The zero-order chi connectivity index (χ0) is 10.9. The molecule has 2 N–H and O–H groups in total. The lowest BCUT2D eigenvalue weighted by atomic mass is 10.3. The fraction of sp³-hybridized carbons (Fsp3) is 0.909. The lowest BCUT2D eigenvalue weighted by Gasteiger charge is -2.13. The van der Waals surface area contributed by atoms with Crippen LogP contribution in [0.3, 0.4) is 0 Å². The molecule has 0 aromatic heterocycles. The van der Waals surface area contributed by atoms with E-state index in [0.717, 1.165) is 26.2 Å². The number of rotatable bonds is 7. The zero-order valence-corrected chi connectivity index (χ0v) is 9.72. The molecule has 1 saturated heterocycles. The van der Waals surface area contributed by atoms with Crippen molar-refractivity contribution in [2.75, 3.05) is 39.3 Å². The highest BCUT2D eigenvalue weighted by Crippen LogP contribution is 2.06. The second-order valence-corrected chi connectivity index (χ2v) is 4.00. The molecule has 0 aliphatic carbocycles. The number of likely N-dealkylation sites (N-methyl/N-ethyl adjacent to an activating group) is 1. The molecule has 1 amide bonds. The first-order valence-electron chi connectivity index (χ1n) is 6.02. The first-order valence-corrected chi connectivity index (χ1v) is 6.02. The molecule has 88 valence electrons. The Hall–Kier alpha value is -0.610. The van der Waals surface area contributed by atoms with E-state index in [-0.39, 0.29) is 5.91 Å². The van der Waals surface area contributed by atoms with Crippen molar-refractivity contribution in [3.8, 4) is 0 Å². The van der Waals surface area contributed by atoms with Crippen LogP contribution >= 0.6 is 0 Å². The highest BCUT2D eigenvalue weighted by Gasteiger charge is 2.12. The van der Waals surface area contributed by atoms with Crippen molar-refractivity contribution < 1.29 is 4.79 Å². The van der Waals surface area contributed by atoms with Gasteiger partial charge < -0.3 is 15.5 Å². The lowest BCUT2D eigenvalue weighted by Crippen LogP contribution is -2.34. The highest BCUT2D eigenvalue weighted by molar-refractivity contribution is 5.76. The number of amides is 1. The van der Waals surface area contributed by atoms with Crippen molar-refractivity contribution in [1.29, 1.82) is 0 Å². The predicted molar refractivity (Wildman–Crippen MR) is 61.8 cm³/mol. The maximum absolute atomic E-state index is 11.4. The third-order valence-corrected chi connectivity index (χ3v) is 2.73. The molecular formula is C11H23N3O. The quantitative estimate of drug-likeness (QED) is 0.594. The second kappa shape index (κ2) is 7.65. The van der Waals surface area contributed by atoms with Crippen molar-refractivity contribution in [3.63, 3.8) is 0 Å². The molecule has 15 heavy (non-hydrogen) atoms. The van der Waals surface area contributed by atoms with E-state index in [1.165, 1.54) is 25.9 Å². The van der Waals surface area contributed by atoms with Crippen LogP contribution in [0.2, 0.25) is 0 Å². The summed E-state index contributed by atoms with van der Waals surface area (Å²) in [5, 5.41) is 6.09. The van der Waals surface area contributed by atoms with Crippen LogP contribution < -0.4 is 10.6 Å². The Kier molecular flexibility index (Phi) is 6.36. The van der Waals surface area contributed by atoms with Crippen LogP contribution in [-0.4, -0.2) is 50.1 Å². The summed E-state index contributed by atoms with van der Waals surface area (Å²) in [7, 11) is 0. The highest BCUT2D eigenvalue weighted by atomic mass is 16.1. The molecule has 0 spiro atoms. The summed E-state index contributed by atoms with van der Waals surface area (Å²) in [4.78, 5) is 13.8. The Labute approximate surface area is 92.4 Å². The summed E-state index contributed by atoms with van der Waals surface area (Å²) < 4.78 is 0. The molecule has 0 aromatic carbocycles. The van der Waals surface area contributed by atoms with E-state index in [1.54, 1.807) is 0 Å². The molecule has 1 heterocycles. The Morgan fingerprint density at radius 2 is 2.00 bits per heavy atom. The van der Waals surface area contributed by atoms with Gasteiger partial charge in [-0.2, -0.15) is 0 Å². The number of nitrogens with zero attached hydrogens (tertiary/aromatic N) is 1. The van der Waals surface area contributed by atoms with Gasteiger partial charge in [0.25, 0.3) is 0 Å². The van der Waals surface area contributed by atoms with Gasteiger partial charge in [0.05, 0.1) is 0 Å². The van der Waals surface area contributed by atoms with E-state index in [9.17, 15) is 4.79 Å². The van der Waals surface area contributed by atoms with E-state index < -0.39 is 0 Å². The molecule has 1 fully saturated rings. The number of likely N-dealkylation sites (tertiary alicyclic amines) is 1. The summed E-state index contributed by atoms with van der Waals surface area (Å²) in [6.07, 6.45) is 3.23. The van der Waals surface area contributed by atoms with E-state index in [1.807, 2.05) is 0 Å². The van der Waals surface area contributed by atoms with E-state index in [4.69, 9.17) is 0 Å². The largest absolute Gasteiger partial charge is 0.355 e. The second-order valence-electron chi connectivity index (χ2n) is 4.00. The third kappa shape index (κ3) is 5.74. The molecule has 4 heteroatoms. The Bertz CT molecular complexity index is 179. The van der Waals surface area contributed by atoms with E-state index in [0.29, 0.717) is 6.42 Å². The molecule has 0 saturated carbocycles. The van der Waals surface area contributed by atoms with Gasteiger partial charge in [-0.1, -0.05) is 6.92 Å². The molecule has 0 bridgehead atoms. The van der Waals surface area contributed by atoms with Crippen molar-refractivity contribution >= 4 is 5.91 Å². The van der Waals surface area contributed by atoms with Crippen LogP contribution in [0.15, 0.2) is 0 Å². The lowest BCUT2D eigenvalue weighted by molar-refractivity contribution is -0.121. The topological polar surface area (TPSA) is 44.4 Å². The SMILES string of the molecule is CCNCCNC(=O)CCN1CCCC1. The van der Waals surface area contributed by atoms with Crippen molar-refractivity contribution in [3.05, 3.63) is 0 Å². The molecule has 1 aliphatic rings. The maximum atomic E-state index is 11.4. The number of carbonyl (C=O) groups is 1. The van der Waals surface area contributed by atoms with Gasteiger partial charge in [-0.15, -0.1) is 0 Å². The molecule has 0 atom stereocenters. The summed E-state index contributed by atoms with van der Waals surface area (Å²) >= 11 is 0. The minimum atomic E-state index is 0.180. The summed E-state index contributed by atoms with van der Waals surface area (Å²) in [6, 6.07) is 0. The standard InChI is InChI=1S/C11H23N3O/c1-2-12-6-7-13-11(15)5-10-14-8-3-4-9-14/h12H,2-10H2,1H3,(H,13,15). The normalized spacial score (nSPS) is 16.9. The van der Waals surface area contributed by atoms with Gasteiger partial charge >= 0.3 is 0 Å². The molecule has 0 aromatic rings. The van der Waals surface area contributed by atoms with Crippen molar-refractivity contribution in [2.24, 2.45) is 0 Å². The van der Waals surface area contributed by atoms with Crippen LogP contribution in [0.25, 0.3) is 0 Å². The van der Waals surface area contributed by atoms with Gasteiger partial charge in [0.1, 0.15) is 0 Å². The van der Waals surface area contributed by atoms with Gasteiger partial charge in [0.2, 0.25) is 5.91 Å². The maximum Gasteiger partial charge on any atom is 0.221 e. The number of nitrogens with one attached hydrogen (secondary N) is 2. The van der Waals surface area contributed by atoms with Crippen LogP contribution in [0.1, 0.15) is 26.2 Å². The smallest absolute Gasteiger partial charge is 0.221 e. The van der Waals surface area contributed by atoms with Crippen molar-refractivity contribution in [2.45, 2.75) is 26.2 Å². The minimum Gasteiger partial charge on any atom is -0.355 e. The minimum absolute atomic E-state index is 0.180. The molecule has 0 radical (unpaired) electrons. The molecular weight excluding hydrogens is 190 g/mol. The summed E-state index contributed by atoms with van der Waals surface area (Å²) in [5.41, 5.74) is 0. The molecule has 1 aliphatic heterocycles. The van der Waals surface area contributed by atoms with Crippen LogP contribution in [0.4, 0.5) is 0 Å².